The number of halogens is 1. The summed E-state index contributed by atoms with van der Waals surface area (Å²) in [7, 11) is 1.19. The van der Waals surface area contributed by atoms with Gasteiger partial charge in [-0.3, -0.25) is 9.59 Å². The van der Waals surface area contributed by atoms with Gasteiger partial charge in [0.05, 0.1) is 35.6 Å². The van der Waals surface area contributed by atoms with Crippen molar-refractivity contribution in [2.75, 3.05) is 12.4 Å². The lowest BCUT2D eigenvalue weighted by Gasteiger charge is -2.21. The number of hydrogen-bond acceptors (Lipinski definition) is 9. The van der Waals surface area contributed by atoms with Gasteiger partial charge in [-0.15, -0.1) is 0 Å². The second kappa shape index (κ2) is 15.4. The average Bonchev–Trinajstić information content (AvgIpc) is 3.70. The third kappa shape index (κ3) is 8.31. The van der Waals surface area contributed by atoms with Gasteiger partial charge < -0.3 is 25.8 Å². The smallest absolute Gasteiger partial charge is 0.356 e. The fraction of sp³-hybridized carbons (Fsp3) is 0.405. The van der Waals surface area contributed by atoms with Crippen LogP contribution in [0.3, 0.4) is 0 Å². The van der Waals surface area contributed by atoms with E-state index in [-0.39, 0.29) is 28.6 Å². The Morgan fingerprint density at radius 2 is 1.68 bits per heavy atom. The number of esters is 2. The van der Waals surface area contributed by atoms with Crippen molar-refractivity contribution in [3.8, 4) is 0 Å². The van der Waals surface area contributed by atoms with Crippen molar-refractivity contribution in [1.82, 2.24) is 19.9 Å². The van der Waals surface area contributed by atoms with Gasteiger partial charge in [0, 0.05) is 12.1 Å². The highest BCUT2D eigenvalue weighted by Crippen LogP contribution is 2.35. The summed E-state index contributed by atoms with van der Waals surface area (Å²) in [6.45, 7) is 7.31. The average molecular weight is 703 g/mol. The molecule has 13 heteroatoms. The minimum absolute atomic E-state index is 0.0118. The van der Waals surface area contributed by atoms with Crippen molar-refractivity contribution in [3.63, 3.8) is 0 Å². The first kappa shape index (κ1) is 36.5. The molecule has 4 N–H and O–H groups in total. The molecule has 1 fully saturated rings. The maximum absolute atomic E-state index is 13.7. The highest BCUT2D eigenvalue weighted by molar-refractivity contribution is 6.34. The molecule has 0 unspecified atom stereocenters. The summed E-state index contributed by atoms with van der Waals surface area (Å²) in [4.78, 5) is 56.3. The monoisotopic (exact) mass is 702 g/mol. The zero-order valence-corrected chi connectivity index (χ0v) is 29.7. The Balaban J connectivity index is 0.000000619. The lowest BCUT2D eigenvalue weighted by Crippen LogP contribution is -2.30. The van der Waals surface area contributed by atoms with Crippen molar-refractivity contribution in [3.05, 3.63) is 92.9 Å². The number of methoxy groups -OCH3 is 1. The summed E-state index contributed by atoms with van der Waals surface area (Å²) in [5.74, 6) is -2.30. The summed E-state index contributed by atoms with van der Waals surface area (Å²) in [6.07, 6.45) is 9.17. The van der Waals surface area contributed by atoms with E-state index in [4.69, 9.17) is 26.8 Å². The number of fused-ring (bicyclic) bond motifs is 2. The van der Waals surface area contributed by atoms with Crippen molar-refractivity contribution in [2.45, 2.75) is 90.3 Å². The van der Waals surface area contributed by atoms with E-state index in [1.54, 1.807) is 30.3 Å². The summed E-state index contributed by atoms with van der Waals surface area (Å²) >= 11 is 6.19. The number of carbonyl (C=O) groups is 4. The number of benzene rings is 2. The van der Waals surface area contributed by atoms with Crippen LogP contribution in [0, 0.1) is 6.92 Å². The summed E-state index contributed by atoms with van der Waals surface area (Å²) in [6, 6.07) is 11.7. The van der Waals surface area contributed by atoms with Gasteiger partial charge in [0.25, 0.3) is 11.8 Å². The van der Waals surface area contributed by atoms with Crippen LogP contribution < -0.4 is 16.4 Å². The van der Waals surface area contributed by atoms with E-state index in [1.807, 2.05) is 33.8 Å². The van der Waals surface area contributed by atoms with Crippen LogP contribution >= 0.6 is 11.6 Å². The van der Waals surface area contributed by atoms with E-state index >= 15 is 0 Å². The number of hydrogen-bond donors (Lipinski definition) is 3. The molecule has 0 saturated heterocycles. The molecule has 2 aliphatic carbocycles. The van der Waals surface area contributed by atoms with Crippen LogP contribution in [0.5, 0.6) is 0 Å². The molecule has 0 bridgehead atoms. The van der Waals surface area contributed by atoms with E-state index < -0.39 is 29.4 Å². The predicted octanol–water partition coefficient (Wildman–Crippen LogP) is 6.38. The third-order valence-corrected chi connectivity index (χ3v) is 9.06. The van der Waals surface area contributed by atoms with Crippen LogP contribution in [0.15, 0.2) is 48.7 Å². The number of nitrogens with zero attached hydrogens (tertiary/aromatic N) is 3. The Morgan fingerprint density at radius 3 is 2.32 bits per heavy atom. The normalized spacial score (nSPS) is 15.8. The Bertz CT molecular complexity index is 1930. The Labute approximate surface area is 296 Å². The van der Waals surface area contributed by atoms with Gasteiger partial charge in [-0.05, 0) is 88.3 Å². The minimum Gasteiger partial charge on any atom is -0.464 e. The minimum atomic E-state index is -0.785. The molecule has 2 aliphatic rings. The molecule has 0 spiro atoms. The first-order valence-corrected chi connectivity index (χ1v) is 17.1. The molecule has 6 rings (SSSR count). The SMILES string of the molecule is COC(=O)c1cc(C(=O)N[C@H]2CCc3c2ccc(C(=O)OC(C)(C)C)c3C)n2ncc(C(=O)Nc3ccccc3Cl)c2n1.NC1CCCCC1. The van der Waals surface area contributed by atoms with Gasteiger partial charge >= 0.3 is 11.9 Å². The maximum atomic E-state index is 13.7. The number of anilines is 1. The molecule has 0 radical (unpaired) electrons. The van der Waals surface area contributed by atoms with Crippen LogP contribution in [0.2, 0.25) is 5.02 Å². The molecule has 4 aromatic rings. The maximum Gasteiger partial charge on any atom is 0.356 e. The molecule has 2 aromatic carbocycles. The number of rotatable bonds is 6. The molecular weight excluding hydrogens is 660 g/mol. The molecule has 2 aromatic heterocycles. The molecule has 12 nitrogen and oxygen atoms in total. The van der Waals surface area contributed by atoms with Crippen LogP contribution in [0.25, 0.3) is 5.65 Å². The Hall–Kier alpha value is -4.81. The van der Waals surface area contributed by atoms with Crippen LogP contribution in [0.4, 0.5) is 5.69 Å². The van der Waals surface area contributed by atoms with Crippen LogP contribution in [-0.4, -0.2) is 57.1 Å². The van der Waals surface area contributed by atoms with Crippen LogP contribution in [0.1, 0.15) is 124 Å². The van der Waals surface area contributed by atoms with Crippen molar-refractivity contribution < 1.29 is 28.7 Å². The van der Waals surface area contributed by atoms with Gasteiger partial charge in [0.2, 0.25) is 0 Å². The quantitative estimate of drug-likeness (QED) is 0.193. The Kier molecular flexibility index (Phi) is 11.2. The zero-order chi connectivity index (χ0) is 36.2. The molecule has 264 valence electrons. The summed E-state index contributed by atoms with van der Waals surface area (Å²) < 4.78 is 11.6. The number of aromatic nitrogens is 3. The van der Waals surface area contributed by atoms with Gasteiger partial charge in [0.1, 0.15) is 16.9 Å². The fourth-order valence-corrected chi connectivity index (χ4v) is 6.38. The number of nitrogens with two attached hydrogens (primary N) is 1. The summed E-state index contributed by atoms with van der Waals surface area (Å²) in [5.41, 5.74) is 8.37. The highest BCUT2D eigenvalue weighted by Gasteiger charge is 2.31. The number of nitrogens with one attached hydrogen (secondary N) is 2. The molecule has 1 atom stereocenters. The molecular formula is C37H43ClN6O6. The Morgan fingerprint density at radius 1 is 0.960 bits per heavy atom. The molecule has 1 saturated carbocycles. The second-order valence-electron chi connectivity index (χ2n) is 13.5. The largest absolute Gasteiger partial charge is 0.464 e. The third-order valence-electron chi connectivity index (χ3n) is 8.73. The topological polar surface area (TPSA) is 167 Å². The summed E-state index contributed by atoms with van der Waals surface area (Å²) in [5, 5.41) is 10.3. The van der Waals surface area contributed by atoms with E-state index in [9.17, 15) is 19.2 Å². The molecule has 50 heavy (non-hydrogen) atoms. The van der Waals surface area contributed by atoms with Crippen molar-refractivity contribution in [1.29, 1.82) is 0 Å². The first-order valence-electron chi connectivity index (χ1n) is 16.7. The lowest BCUT2D eigenvalue weighted by molar-refractivity contribution is 0.00681. The number of amides is 2. The van der Waals surface area contributed by atoms with Crippen molar-refractivity contribution >= 4 is 46.7 Å². The van der Waals surface area contributed by atoms with E-state index in [2.05, 4.69) is 20.7 Å². The number of ether oxygens (including phenoxy) is 2. The van der Waals surface area contributed by atoms with Gasteiger partial charge in [-0.2, -0.15) is 5.10 Å². The second-order valence-corrected chi connectivity index (χ2v) is 13.9. The predicted molar refractivity (Wildman–Crippen MR) is 190 cm³/mol. The lowest BCUT2D eigenvalue weighted by atomic mass is 9.97. The van der Waals surface area contributed by atoms with E-state index in [0.717, 1.165) is 16.7 Å². The van der Waals surface area contributed by atoms with Gasteiger partial charge in [0.15, 0.2) is 11.3 Å². The molecule has 2 heterocycles. The highest BCUT2D eigenvalue weighted by atomic mass is 35.5. The van der Waals surface area contributed by atoms with Crippen LogP contribution in [-0.2, 0) is 15.9 Å². The fourth-order valence-electron chi connectivity index (χ4n) is 6.20. The molecule has 0 aliphatic heterocycles. The van der Waals surface area contributed by atoms with Gasteiger partial charge in [-0.25, -0.2) is 19.1 Å². The molecule has 2 amide bonds. The zero-order valence-electron chi connectivity index (χ0n) is 29.0. The number of carbonyl (C=O) groups excluding carboxylic acids is 4. The standard InChI is InChI=1S/C31H30ClN5O6.C6H13N/c1-16-17-12-13-22(19(17)11-10-18(16)29(40)43-31(2,3)4)35-28(39)25-14-24(30(41)42-5)34-26-20(15-33-37(25)26)27(38)36-23-9-7-6-8-21(23)32;7-6-4-2-1-3-5-6/h6-11,14-15,22H,12-13H2,1-5H3,(H,35,39)(H,36,38);6H,1-5,7H2/t22-;/m0./s1. The first-order chi connectivity index (χ1) is 23.8. The number of para-hydroxylation sites is 1. The van der Waals surface area contributed by atoms with E-state index in [1.165, 1.54) is 56.0 Å². The van der Waals surface area contributed by atoms with Crippen molar-refractivity contribution in [2.24, 2.45) is 5.73 Å². The van der Waals surface area contributed by atoms with Gasteiger partial charge in [-0.1, -0.05) is 49.1 Å². The van der Waals surface area contributed by atoms with E-state index in [0.29, 0.717) is 35.2 Å².